The molecule has 1 unspecified atom stereocenters. The lowest BCUT2D eigenvalue weighted by Crippen LogP contribution is -2.41. The van der Waals surface area contributed by atoms with Gasteiger partial charge in [-0.2, -0.15) is 0 Å². The topological polar surface area (TPSA) is 15.3 Å². The lowest BCUT2D eigenvalue weighted by Gasteiger charge is -2.24. The number of likely N-dealkylation sites (tertiary alicyclic amines) is 1. The second-order valence-electron chi connectivity index (χ2n) is 3.16. The summed E-state index contributed by atoms with van der Waals surface area (Å²) >= 11 is 5.22. The number of hydrogen-bond acceptors (Lipinski definition) is 1. The highest BCUT2D eigenvalue weighted by Gasteiger charge is 2.21. The summed E-state index contributed by atoms with van der Waals surface area (Å²) in [5.41, 5.74) is 0. The van der Waals surface area contributed by atoms with Gasteiger partial charge >= 0.3 is 0 Å². The fourth-order valence-electron chi connectivity index (χ4n) is 1.50. The molecule has 0 bridgehead atoms. The smallest absolute Gasteiger partial charge is 0.169 e. The van der Waals surface area contributed by atoms with Crippen LogP contribution in [-0.4, -0.2) is 29.1 Å². The molecular formula is C9H16N2S. The van der Waals surface area contributed by atoms with Crippen LogP contribution in [0.25, 0.3) is 0 Å². The first-order chi connectivity index (χ1) is 5.75. The van der Waals surface area contributed by atoms with E-state index in [0.717, 1.165) is 18.2 Å². The van der Waals surface area contributed by atoms with Crippen molar-refractivity contribution in [2.24, 2.45) is 0 Å². The zero-order valence-electron chi connectivity index (χ0n) is 7.55. The van der Waals surface area contributed by atoms with Gasteiger partial charge in [-0.05, 0) is 32.0 Å². The molecule has 0 aromatic carbocycles. The first-order valence-corrected chi connectivity index (χ1v) is 4.82. The van der Waals surface area contributed by atoms with Crippen LogP contribution in [0.2, 0.25) is 0 Å². The third kappa shape index (κ3) is 2.21. The number of rotatable bonds is 2. The van der Waals surface area contributed by atoms with Crippen LogP contribution in [0.15, 0.2) is 12.7 Å². The quantitative estimate of drug-likeness (QED) is 0.517. The zero-order chi connectivity index (χ0) is 8.97. The van der Waals surface area contributed by atoms with Crippen LogP contribution in [-0.2, 0) is 0 Å². The minimum atomic E-state index is 0.606. The molecule has 1 rings (SSSR count). The van der Waals surface area contributed by atoms with Crippen molar-refractivity contribution in [2.45, 2.75) is 25.8 Å². The fourth-order valence-corrected chi connectivity index (χ4v) is 1.85. The van der Waals surface area contributed by atoms with Crippen LogP contribution in [0.1, 0.15) is 19.8 Å². The molecule has 0 saturated carbocycles. The molecule has 12 heavy (non-hydrogen) atoms. The Morgan fingerprint density at radius 3 is 3.08 bits per heavy atom. The maximum Gasteiger partial charge on any atom is 0.169 e. The first kappa shape index (κ1) is 9.52. The highest BCUT2D eigenvalue weighted by atomic mass is 32.1. The number of nitrogens with one attached hydrogen (secondary N) is 1. The van der Waals surface area contributed by atoms with Crippen LogP contribution >= 0.6 is 12.2 Å². The van der Waals surface area contributed by atoms with E-state index in [-0.39, 0.29) is 0 Å². The molecule has 0 spiro atoms. The maximum absolute atomic E-state index is 5.22. The second-order valence-corrected chi connectivity index (χ2v) is 3.55. The average Bonchev–Trinajstić information content (AvgIpc) is 2.47. The van der Waals surface area contributed by atoms with E-state index in [1.54, 1.807) is 0 Å². The van der Waals surface area contributed by atoms with Gasteiger partial charge in [0, 0.05) is 19.1 Å². The van der Waals surface area contributed by atoms with E-state index in [0.29, 0.717) is 6.04 Å². The van der Waals surface area contributed by atoms with Gasteiger partial charge in [-0.25, -0.2) is 0 Å². The summed E-state index contributed by atoms with van der Waals surface area (Å²) in [7, 11) is 0. The van der Waals surface area contributed by atoms with Crippen LogP contribution in [0.3, 0.4) is 0 Å². The van der Waals surface area contributed by atoms with E-state index in [1.807, 2.05) is 6.08 Å². The summed E-state index contributed by atoms with van der Waals surface area (Å²) in [6.07, 6.45) is 4.35. The second kappa shape index (κ2) is 4.45. The van der Waals surface area contributed by atoms with Crippen molar-refractivity contribution in [2.75, 3.05) is 13.1 Å². The minimum absolute atomic E-state index is 0.606. The molecule has 0 radical (unpaired) electrons. The van der Waals surface area contributed by atoms with Crippen molar-refractivity contribution in [3.05, 3.63) is 12.7 Å². The molecule has 0 amide bonds. The van der Waals surface area contributed by atoms with Gasteiger partial charge in [-0.1, -0.05) is 6.08 Å². The van der Waals surface area contributed by atoms with Gasteiger partial charge in [0.2, 0.25) is 0 Å². The highest BCUT2D eigenvalue weighted by molar-refractivity contribution is 7.80. The largest absolute Gasteiger partial charge is 0.359 e. The summed E-state index contributed by atoms with van der Waals surface area (Å²) in [6.45, 7) is 7.72. The summed E-state index contributed by atoms with van der Waals surface area (Å²) < 4.78 is 0. The molecule has 68 valence electrons. The Morgan fingerprint density at radius 2 is 2.58 bits per heavy atom. The van der Waals surface area contributed by atoms with E-state index < -0.39 is 0 Å². The monoisotopic (exact) mass is 184 g/mol. The molecule has 1 atom stereocenters. The molecular weight excluding hydrogens is 168 g/mol. The Bertz CT molecular complexity index is 179. The van der Waals surface area contributed by atoms with Crippen LogP contribution in [0, 0.1) is 0 Å². The summed E-state index contributed by atoms with van der Waals surface area (Å²) in [6, 6.07) is 0.606. The molecule has 1 heterocycles. The van der Waals surface area contributed by atoms with Gasteiger partial charge in [0.15, 0.2) is 5.11 Å². The third-order valence-electron chi connectivity index (χ3n) is 2.21. The van der Waals surface area contributed by atoms with Gasteiger partial charge < -0.3 is 10.2 Å². The Hall–Kier alpha value is -0.570. The lowest BCUT2D eigenvalue weighted by atomic mass is 10.2. The van der Waals surface area contributed by atoms with Gasteiger partial charge in [0.1, 0.15) is 0 Å². The summed E-state index contributed by atoms with van der Waals surface area (Å²) in [4.78, 5) is 2.25. The Balaban J connectivity index is 2.35. The first-order valence-electron chi connectivity index (χ1n) is 4.41. The number of hydrogen-bond donors (Lipinski definition) is 1. The van der Waals surface area contributed by atoms with Crippen molar-refractivity contribution >= 4 is 17.3 Å². The molecule has 1 fully saturated rings. The lowest BCUT2D eigenvalue weighted by molar-refractivity contribution is 0.409. The molecule has 0 aromatic heterocycles. The van der Waals surface area contributed by atoms with Crippen LogP contribution < -0.4 is 5.32 Å². The Morgan fingerprint density at radius 1 is 1.83 bits per heavy atom. The van der Waals surface area contributed by atoms with Crippen molar-refractivity contribution in [3.8, 4) is 0 Å². The molecule has 2 nitrogen and oxygen atoms in total. The van der Waals surface area contributed by atoms with Crippen molar-refractivity contribution in [3.63, 3.8) is 0 Å². The third-order valence-corrected chi connectivity index (χ3v) is 2.59. The molecule has 1 N–H and O–H groups in total. The van der Waals surface area contributed by atoms with E-state index >= 15 is 0 Å². The van der Waals surface area contributed by atoms with Crippen LogP contribution in [0.4, 0.5) is 0 Å². The van der Waals surface area contributed by atoms with E-state index in [2.05, 4.69) is 23.7 Å². The van der Waals surface area contributed by atoms with Gasteiger partial charge in [0.25, 0.3) is 0 Å². The fraction of sp³-hybridized carbons (Fsp3) is 0.667. The Labute approximate surface area is 79.6 Å². The predicted molar refractivity (Wildman–Crippen MR) is 56.2 cm³/mol. The van der Waals surface area contributed by atoms with Crippen molar-refractivity contribution in [1.82, 2.24) is 10.2 Å². The van der Waals surface area contributed by atoms with Gasteiger partial charge in [-0.15, -0.1) is 6.58 Å². The molecule has 1 aliphatic rings. The molecule has 3 heteroatoms. The zero-order valence-corrected chi connectivity index (χ0v) is 8.36. The van der Waals surface area contributed by atoms with Crippen molar-refractivity contribution < 1.29 is 0 Å². The summed E-state index contributed by atoms with van der Waals surface area (Å²) in [5, 5.41) is 4.02. The molecule has 0 aromatic rings. The van der Waals surface area contributed by atoms with E-state index in [9.17, 15) is 0 Å². The Kier molecular flexibility index (Phi) is 3.53. The van der Waals surface area contributed by atoms with Gasteiger partial charge in [0.05, 0.1) is 0 Å². The maximum atomic E-state index is 5.22. The van der Waals surface area contributed by atoms with Gasteiger partial charge in [-0.3, -0.25) is 0 Å². The molecule has 1 saturated heterocycles. The number of nitrogens with zero attached hydrogens (tertiary/aromatic N) is 1. The molecule has 0 aliphatic carbocycles. The van der Waals surface area contributed by atoms with E-state index in [1.165, 1.54) is 12.8 Å². The predicted octanol–water partition coefficient (Wildman–Crippen LogP) is 1.53. The number of thiocarbonyl (C=S) groups is 1. The SMILES string of the molecule is C=CCNC(=S)N1CCCC1C. The van der Waals surface area contributed by atoms with Crippen molar-refractivity contribution in [1.29, 1.82) is 0 Å². The van der Waals surface area contributed by atoms with Crippen LogP contribution in [0.5, 0.6) is 0 Å². The highest BCUT2D eigenvalue weighted by Crippen LogP contribution is 2.15. The average molecular weight is 184 g/mol. The summed E-state index contributed by atoms with van der Waals surface area (Å²) in [5.74, 6) is 0. The normalized spacial score (nSPS) is 22.4. The van der Waals surface area contributed by atoms with E-state index in [4.69, 9.17) is 12.2 Å². The minimum Gasteiger partial charge on any atom is -0.359 e. The molecule has 1 aliphatic heterocycles. The standard InChI is InChI=1S/C9H16N2S/c1-3-6-10-9(12)11-7-4-5-8(11)2/h3,8H,1,4-7H2,2H3,(H,10,12).